The molecule has 0 aromatic heterocycles. The second-order valence-electron chi connectivity index (χ2n) is 2.97. The molecule has 1 aromatic rings. The first-order chi connectivity index (χ1) is 7.20. The van der Waals surface area contributed by atoms with Gasteiger partial charge in [0.05, 0.1) is 19.3 Å². The van der Waals surface area contributed by atoms with Gasteiger partial charge in [0.25, 0.3) is 0 Å². The smallest absolute Gasteiger partial charge is 0.224 e. The van der Waals surface area contributed by atoms with Gasteiger partial charge in [-0.1, -0.05) is 12.1 Å². The molecule has 0 fully saturated rings. The van der Waals surface area contributed by atoms with Crippen LogP contribution in [0, 0.1) is 0 Å². The summed E-state index contributed by atoms with van der Waals surface area (Å²) in [5, 5.41) is 0. The number of ether oxygens (including phenoxy) is 1. The van der Waals surface area contributed by atoms with E-state index in [-0.39, 0.29) is 12.5 Å². The van der Waals surface area contributed by atoms with E-state index in [1.807, 2.05) is 6.07 Å². The van der Waals surface area contributed by atoms with Crippen LogP contribution < -0.4 is 9.64 Å². The predicted octanol–water partition coefficient (Wildman–Crippen LogP) is 1.25. The van der Waals surface area contributed by atoms with Gasteiger partial charge in [0.2, 0.25) is 5.91 Å². The van der Waals surface area contributed by atoms with Gasteiger partial charge in [-0.05, 0) is 12.1 Å². The number of hydrogen-bond donors (Lipinski definition) is 0. The van der Waals surface area contributed by atoms with Crippen molar-refractivity contribution in [1.29, 1.82) is 0 Å². The van der Waals surface area contributed by atoms with E-state index >= 15 is 0 Å². The van der Waals surface area contributed by atoms with Gasteiger partial charge in [0.1, 0.15) is 12.0 Å². The van der Waals surface area contributed by atoms with Crippen LogP contribution in [0.4, 0.5) is 5.69 Å². The Bertz CT molecular complexity index is 363. The minimum atomic E-state index is -0.188. The lowest BCUT2D eigenvalue weighted by Crippen LogP contribution is -2.30. The van der Waals surface area contributed by atoms with Gasteiger partial charge < -0.3 is 14.4 Å². The summed E-state index contributed by atoms with van der Waals surface area (Å²) in [6.45, 7) is 1.45. The highest BCUT2D eigenvalue weighted by molar-refractivity contribution is 5.95. The minimum absolute atomic E-state index is 0.0374. The number of benzene rings is 1. The van der Waals surface area contributed by atoms with Crippen molar-refractivity contribution in [2.24, 2.45) is 0 Å². The fourth-order valence-electron chi connectivity index (χ4n) is 1.32. The molecule has 80 valence electrons. The van der Waals surface area contributed by atoms with Crippen LogP contribution in [0.5, 0.6) is 5.75 Å². The van der Waals surface area contributed by atoms with E-state index < -0.39 is 0 Å². The van der Waals surface area contributed by atoms with Crippen molar-refractivity contribution in [3.05, 3.63) is 24.3 Å². The number of anilines is 1. The predicted molar refractivity (Wildman–Crippen MR) is 57.1 cm³/mol. The van der Waals surface area contributed by atoms with Crippen LogP contribution in [-0.2, 0) is 9.59 Å². The van der Waals surface area contributed by atoms with Crippen LogP contribution in [0.2, 0.25) is 0 Å². The molecule has 1 aromatic carbocycles. The molecule has 0 aliphatic carbocycles. The Balaban J connectivity index is 3.09. The summed E-state index contributed by atoms with van der Waals surface area (Å²) in [6, 6.07) is 7.08. The van der Waals surface area contributed by atoms with Gasteiger partial charge in [-0.2, -0.15) is 0 Å². The van der Waals surface area contributed by atoms with Crippen LogP contribution in [0.15, 0.2) is 24.3 Å². The normalized spacial score (nSPS) is 9.47. The van der Waals surface area contributed by atoms with Gasteiger partial charge in [0, 0.05) is 6.92 Å². The molecule has 0 atom stereocenters. The summed E-state index contributed by atoms with van der Waals surface area (Å²) in [4.78, 5) is 23.1. The van der Waals surface area contributed by atoms with E-state index in [0.29, 0.717) is 17.7 Å². The highest BCUT2D eigenvalue weighted by Gasteiger charge is 2.14. The van der Waals surface area contributed by atoms with Gasteiger partial charge in [-0.25, -0.2) is 0 Å². The number of carbonyl (C=O) groups excluding carboxylic acids is 2. The molecule has 0 bridgehead atoms. The van der Waals surface area contributed by atoms with Gasteiger partial charge >= 0.3 is 0 Å². The molecule has 15 heavy (non-hydrogen) atoms. The first-order valence-corrected chi connectivity index (χ1v) is 4.55. The highest BCUT2D eigenvalue weighted by Crippen LogP contribution is 2.27. The largest absolute Gasteiger partial charge is 0.495 e. The molecule has 4 heteroatoms. The van der Waals surface area contributed by atoms with Crippen molar-refractivity contribution < 1.29 is 14.3 Å². The fourth-order valence-corrected chi connectivity index (χ4v) is 1.32. The third-order valence-corrected chi connectivity index (χ3v) is 2.01. The van der Waals surface area contributed by atoms with E-state index in [9.17, 15) is 9.59 Å². The lowest BCUT2D eigenvalue weighted by molar-refractivity contribution is -0.118. The van der Waals surface area contributed by atoms with E-state index in [0.717, 1.165) is 0 Å². The first-order valence-electron chi connectivity index (χ1n) is 4.55. The topological polar surface area (TPSA) is 46.6 Å². The average molecular weight is 207 g/mol. The zero-order valence-electron chi connectivity index (χ0n) is 8.77. The zero-order valence-corrected chi connectivity index (χ0v) is 8.77. The highest BCUT2D eigenvalue weighted by atomic mass is 16.5. The van der Waals surface area contributed by atoms with Crippen LogP contribution >= 0.6 is 0 Å². The van der Waals surface area contributed by atoms with Crippen LogP contribution in [0.25, 0.3) is 0 Å². The molecular formula is C11H13NO3. The number of methoxy groups -OCH3 is 1. The second-order valence-corrected chi connectivity index (χ2v) is 2.97. The molecule has 0 saturated heterocycles. The summed E-state index contributed by atoms with van der Waals surface area (Å²) >= 11 is 0. The summed E-state index contributed by atoms with van der Waals surface area (Å²) in [5.41, 5.74) is 0.611. The molecule has 0 saturated carbocycles. The maximum atomic E-state index is 11.3. The Morgan fingerprint density at radius 3 is 2.67 bits per heavy atom. The number of carbonyl (C=O) groups is 2. The zero-order chi connectivity index (χ0) is 11.3. The van der Waals surface area contributed by atoms with E-state index in [4.69, 9.17) is 4.74 Å². The molecule has 0 unspecified atom stereocenters. The molecular weight excluding hydrogens is 194 g/mol. The van der Waals surface area contributed by atoms with Crippen molar-refractivity contribution in [3.8, 4) is 5.75 Å². The Kier molecular flexibility index (Phi) is 3.85. The molecule has 1 rings (SSSR count). The number of hydrogen-bond acceptors (Lipinski definition) is 3. The summed E-state index contributed by atoms with van der Waals surface area (Å²) in [7, 11) is 1.53. The van der Waals surface area contributed by atoms with E-state index in [1.165, 1.54) is 18.9 Å². The Morgan fingerprint density at radius 2 is 2.13 bits per heavy atom. The lowest BCUT2D eigenvalue weighted by Gasteiger charge is -2.20. The van der Waals surface area contributed by atoms with Crippen molar-refractivity contribution in [2.75, 3.05) is 18.6 Å². The molecule has 0 aliphatic rings. The standard InChI is InChI=1S/C11H13NO3/c1-9(14)12(7-8-13)10-5-3-4-6-11(10)15-2/h3-6,8H,7H2,1-2H3. The number of aldehydes is 1. The molecule has 1 amide bonds. The third-order valence-electron chi connectivity index (χ3n) is 2.01. The van der Waals surface area contributed by atoms with Crippen molar-refractivity contribution in [1.82, 2.24) is 0 Å². The Morgan fingerprint density at radius 1 is 1.47 bits per heavy atom. The summed E-state index contributed by atoms with van der Waals surface area (Å²) < 4.78 is 5.11. The molecule has 4 nitrogen and oxygen atoms in total. The third kappa shape index (κ3) is 2.56. The minimum Gasteiger partial charge on any atom is -0.495 e. The van der Waals surface area contributed by atoms with Gasteiger partial charge in [0.15, 0.2) is 0 Å². The van der Waals surface area contributed by atoms with Crippen LogP contribution in [0.1, 0.15) is 6.92 Å². The maximum Gasteiger partial charge on any atom is 0.224 e. The summed E-state index contributed by atoms with van der Waals surface area (Å²) in [6.07, 6.45) is 0.688. The lowest BCUT2D eigenvalue weighted by atomic mass is 10.2. The van der Waals surface area contributed by atoms with Gasteiger partial charge in [-0.15, -0.1) is 0 Å². The monoisotopic (exact) mass is 207 g/mol. The quantitative estimate of drug-likeness (QED) is 0.698. The molecule has 0 heterocycles. The molecule has 0 spiro atoms. The average Bonchev–Trinajstić information content (AvgIpc) is 2.25. The van der Waals surface area contributed by atoms with E-state index in [2.05, 4.69) is 0 Å². The molecule has 0 radical (unpaired) electrons. The number of nitrogens with zero attached hydrogens (tertiary/aromatic N) is 1. The van der Waals surface area contributed by atoms with E-state index in [1.54, 1.807) is 18.2 Å². The first kappa shape index (κ1) is 11.2. The summed E-state index contributed by atoms with van der Waals surface area (Å²) in [5.74, 6) is 0.390. The second kappa shape index (κ2) is 5.14. The maximum absolute atomic E-state index is 11.3. The number of rotatable bonds is 4. The number of para-hydroxylation sites is 2. The SMILES string of the molecule is COc1ccccc1N(CC=O)C(C)=O. The molecule has 0 aliphatic heterocycles. The Labute approximate surface area is 88.5 Å². The molecule has 0 N–H and O–H groups in total. The van der Waals surface area contributed by atoms with Crippen molar-refractivity contribution in [3.63, 3.8) is 0 Å². The van der Waals surface area contributed by atoms with Gasteiger partial charge in [-0.3, -0.25) is 4.79 Å². The van der Waals surface area contributed by atoms with Crippen LogP contribution in [0.3, 0.4) is 0 Å². The van der Waals surface area contributed by atoms with Crippen molar-refractivity contribution in [2.45, 2.75) is 6.92 Å². The van der Waals surface area contributed by atoms with Crippen molar-refractivity contribution >= 4 is 17.9 Å². The van der Waals surface area contributed by atoms with Crippen LogP contribution in [-0.4, -0.2) is 25.8 Å². The Hall–Kier alpha value is -1.84. The number of amides is 1. The fraction of sp³-hybridized carbons (Fsp3) is 0.273.